The Hall–Kier alpha value is -0.550. The molecule has 0 bridgehead atoms. The second kappa shape index (κ2) is 8.52. The van der Waals surface area contributed by atoms with Gasteiger partial charge in [-0.2, -0.15) is 0 Å². The maximum absolute atomic E-state index is 12.5. The Morgan fingerprint density at radius 3 is 2.70 bits per heavy atom. The van der Waals surface area contributed by atoms with Gasteiger partial charge in [-0.3, -0.25) is 9.79 Å². The molecular weight excluding hydrogens is 308 g/mol. The topological polar surface area (TPSA) is 50.7 Å². The maximum Gasteiger partial charge on any atom is 0.242 e. The molecule has 2 saturated heterocycles. The number of amides is 1. The van der Waals surface area contributed by atoms with Crippen LogP contribution >= 0.6 is 11.8 Å². The molecule has 3 atom stereocenters. The zero-order valence-electron chi connectivity index (χ0n) is 15.1. The minimum atomic E-state index is -0.379. The molecule has 2 rings (SSSR count). The summed E-state index contributed by atoms with van der Waals surface area (Å²) in [5.74, 6) is 1.25. The van der Waals surface area contributed by atoms with E-state index in [0.29, 0.717) is 5.92 Å². The van der Waals surface area contributed by atoms with Gasteiger partial charge in [-0.05, 0) is 44.9 Å². The number of aliphatic imine (C=N–C) groups is 1. The highest BCUT2D eigenvalue weighted by atomic mass is 32.2. The number of rotatable bonds is 7. The van der Waals surface area contributed by atoms with Crippen LogP contribution in [0.2, 0.25) is 0 Å². The van der Waals surface area contributed by atoms with Gasteiger partial charge in [0.05, 0.1) is 6.04 Å². The predicted molar refractivity (Wildman–Crippen MR) is 97.9 cm³/mol. The van der Waals surface area contributed by atoms with Crippen LogP contribution in [0.4, 0.5) is 0 Å². The van der Waals surface area contributed by atoms with Crippen molar-refractivity contribution in [2.24, 2.45) is 16.8 Å². The summed E-state index contributed by atoms with van der Waals surface area (Å²) in [4.78, 5) is 17.3. The quantitative estimate of drug-likeness (QED) is 0.762. The number of amidine groups is 1. The van der Waals surface area contributed by atoms with Crippen molar-refractivity contribution in [3.8, 4) is 0 Å². The highest BCUT2D eigenvalue weighted by molar-refractivity contribution is 8.16. The van der Waals surface area contributed by atoms with E-state index < -0.39 is 0 Å². The van der Waals surface area contributed by atoms with Gasteiger partial charge in [0.25, 0.3) is 0 Å². The molecule has 0 aromatic rings. The van der Waals surface area contributed by atoms with Crippen molar-refractivity contribution in [1.82, 2.24) is 5.32 Å². The Morgan fingerprint density at radius 1 is 1.39 bits per heavy atom. The van der Waals surface area contributed by atoms with E-state index in [0.717, 1.165) is 43.6 Å². The molecule has 2 aliphatic heterocycles. The summed E-state index contributed by atoms with van der Waals surface area (Å²) in [6.45, 7) is 10.3. The zero-order valence-corrected chi connectivity index (χ0v) is 15.9. The van der Waals surface area contributed by atoms with Gasteiger partial charge in [0.2, 0.25) is 5.91 Å². The van der Waals surface area contributed by atoms with Gasteiger partial charge >= 0.3 is 0 Å². The number of carbonyl (C=O) groups excluding carboxylic acids is 1. The molecule has 4 nitrogen and oxygen atoms in total. The van der Waals surface area contributed by atoms with E-state index in [-0.39, 0.29) is 16.7 Å². The van der Waals surface area contributed by atoms with Gasteiger partial charge in [-0.25, -0.2) is 0 Å². The Kier molecular flexibility index (Phi) is 6.96. The molecule has 2 aliphatic rings. The van der Waals surface area contributed by atoms with E-state index in [1.807, 2.05) is 0 Å². The van der Waals surface area contributed by atoms with Crippen LogP contribution in [0.5, 0.6) is 0 Å². The monoisotopic (exact) mass is 340 g/mol. The van der Waals surface area contributed by atoms with Crippen molar-refractivity contribution in [3.05, 3.63) is 0 Å². The third-order valence-corrected chi connectivity index (χ3v) is 6.61. The van der Waals surface area contributed by atoms with E-state index in [2.05, 4.69) is 33.0 Å². The first-order valence-corrected chi connectivity index (χ1v) is 9.97. The Morgan fingerprint density at radius 2 is 2.09 bits per heavy atom. The van der Waals surface area contributed by atoms with Crippen LogP contribution < -0.4 is 5.32 Å². The Labute approximate surface area is 145 Å². The Balaban J connectivity index is 1.97. The van der Waals surface area contributed by atoms with E-state index in [9.17, 15) is 4.79 Å². The molecule has 1 N–H and O–H groups in total. The molecule has 132 valence electrons. The summed E-state index contributed by atoms with van der Waals surface area (Å²) >= 11 is 1.64. The molecular formula is C18H32N2O2S. The highest BCUT2D eigenvalue weighted by Gasteiger charge is 2.48. The second-order valence-corrected chi connectivity index (χ2v) is 8.57. The number of ether oxygens (including phenoxy) is 1. The predicted octanol–water partition coefficient (Wildman–Crippen LogP) is 4.00. The molecule has 23 heavy (non-hydrogen) atoms. The Bertz CT molecular complexity index is 435. The average Bonchev–Trinajstić information content (AvgIpc) is 2.83. The largest absolute Gasteiger partial charge is 0.381 e. The molecule has 2 heterocycles. The van der Waals surface area contributed by atoms with Crippen LogP contribution in [0.25, 0.3) is 0 Å². The van der Waals surface area contributed by atoms with Crippen molar-refractivity contribution >= 4 is 22.8 Å². The number of nitrogens with one attached hydrogen (secondary N) is 1. The SMILES string of the molecule is CCCC(CC)CC(C)N=C1NC(=O)C(C)(C2CCOCC2)S1. The van der Waals surface area contributed by atoms with Crippen LogP contribution in [0.1, 0.15) is 66.2 Å². The average molecular weight is 341 g/mol. The second-order valence-electron chi connectivity index (χ2n) is 7.13. The van der Waals surface area contributed by atoms with Crippen molar-refractivity contribution < 1.29 is 9.53 Å². The van der Waals surface area contributed by atoms with Crippen LogP contribution in [-0.4, -0.2) is 35.1 Å². The van der Waals surface area contributed by atoms with Crippen LogP contribution in [0.3, 0.4) is 0 Å². The van der Waals surface area contributed by atoms with Crippen molar-refractivity contribution in [2.45, 2.75) is 77.0 Å². The van der Waals surface area contributed by atoms with E-state index in [1.165, 1.54) is 19.3 Å². The normalized spacial score (nSPS) is 30.4. The number of nitrogens with zero attached hydrogens (tertiary/aromatic N) is 1. The molecule has 2 fully saturated rings. The molecule has 3 unspecified atom stereocenters. The standard InChI is InChI=1S/C18H32N2O2S/c1-5-7-14(6-2)12-13(3)19-17-20-16(21)18(4,23-17)15-8-10-22-11-9-15/h13-15H,5-12H2,1-4H3,(H,19,20,21). The first kappa shape index (κ1) is 18.8. The van der Waals surface area contributed by atoms with Crippen molar-refractivity contribution in [3.63, 3.8) is 0 Å². The van der Waals surface area contributed by atoms with Gasteiger partial charge in [0, 0.05) is 13.2 Å². The highest BCUT2D eigenvalue weighted by Crippen LogP contribution is 2.42. The molecule has 0 aromatic carbocycles. The lowest BCUT2D eigenvalue weighted by Gasteiger charge is -2.32. The molecule has 5 heteroatoms. The fourth-order valence-electron chi connectivity index (χ4n) is 3.70. The summed E-state index contributed by atoms with van der Waals surface area (Å²) < 4.78 is 5.06. The van der Waals surface area contributed by atoms with Crippen molar-refractivity contribution in [2.75, 3.05) is 13.2 Å². The smallest absolute Gasteiger partial charge is 0.242 e. The van der Waals surface area contributed by atoms with Gasteiger partial charge in [-0.1, -0.05) is 44.9 Å². The first-order chi connectivity index (χ1) is 11.0. The van der Waals surface area contributed by atoms with E-state index >= 15 is 0 Å². The van der Waals surface area contributed by atoms with Crippen LogP contribution in [-0.2, 0) is 9.53 Å². The molecule has 0 saturated carbocycles. The van der Waals surface area contributed by atoms with Crippen molar-refractivity contribution in [1.29, 1.82) is 0 Å². The summed E-state index contributed by atoms with van der Waals surface area (Å²) in [6, 6.07) is 0.270. The number of thioether (sulfide) groups is 1. The molecule has 1 amide bonds. The fourth-order valence-corrected chi connectivity index (χ4v) is 5.03. The lowest BCUT2D eigenvalue weighted by Crippen LogP contribution is -2.42. The minimum absolute atomic E-state index is 0.126. The van der Waals surface area contributed by atoms with Gasteiger partial charge in [0.15, 0.2) is 5.17 Å². The van der Waals surface area contributed by atoms with Crippen LogP contribution in [0, 0.1) is 11.8 Å². The third-order valence-electron chi connectivity index (χ3n) is 5.27. The third kappa shape index (κ3) is 4.72. The first-order valence-electron chi connectivity index (χ1n) is 9.15. The summed E-state index contributed by atoms with van der Waals surface area (Å²) in [6.07, 6.45) is 6.75. The number of carbonyl (C=O) groups is 1. The molecule has 0 spiro atoms. The number of hydrogen-bond acceptors (Lipinski definition) is 4. The summed E-state index contributed by atoms with van der Waals surface area (Å²) in [7, 11) is 0. The lowest BCUT2D eigenvalue weighted by atomic mass is 9.86. The molecule has 0 aliphatic carbocycles. The summed E-state index contributed by atoms with van der Waals surface area (Å²) in [5, 5.41) is 3.85. The van der Waals surface area contributed by atoms with Gasteiger partial charge < -0.3 is 10.1 Å². The number of hydrogen-bond donors (Lipinski definition) is 1. The maximum atomic E-state index is 12.5. The lowest BCUT2D eigenvalue weighted by molar-refractivity contribution is -0.123. The van der Waals surface area contributed by atoms with Crippen LogP contribution in [0.15, 0.2) is 4.99 Å². The zero-order chi connectivity index (χ0) is 16.9. The van der Waals surface area contributed by atoms with E-state index in [1.54, 1.807) is 11.8 Å². The molecule has 0 radical (unpaired) electrons. The van der Waals surface area contributed by atoms with E-state index in [4.69, 9.17) is 9.73 Å². The van der Waals surface area contributed by atoms with Gasteiger partial charge in [0.1, 0.15) is 4.75 Å². The summed E-state index contributed by atoms with van der Waals surface area (Å²) in [5.41, 5.74) is 0. The molecule has 0 aromatic heterocycles. The van der Waals surface area contributed by atoms with Gasteiger partial charge in [-0.15, -0.1) is 0 Å². The minimum Gasteiger partial charge on any atom is -0.381 e. The fraction of sp³-hybridized carbons (Fsp3) is 0.889.